The first-order valence-corrected chi connectivity index (χ1v) is 9.98. The van der Waals surface area contributed by atoms with Crippen LogP contribution in [0.25, 0.3) is 10.9 Å². The van der Waals surface area contributed by atoms with Gasteiger partial charge in [-0.25, -0.2) is 4.98 Å². The molecule has 6 rings (SSSR count). The SMILES string of the molecule is CC1(c2cc3cc(NC(=O)C4(c5ccc6c(c5)OC(F)(F)O6)CC4)ncc3[nH]2)CC1. The first-order chi connectivity index (χ1) is 14.3. The molecule has 6 nitrogen and oxygen atoms in total. The first-order valence-electron chi connectivity index (χ1n) is 9.98. The van der Waals surface area contributed by atoms with E-state index >= 15 is 0 Å². The fourth-order valence-electron chi connectivity index (χ4n) is 4.14. The number of pyridine rings is 1. The third-order valence-corrected chi connectivity index (χ3v) is 6.54. The fraction of sp³-hybridized carbons (Fsp3) is 0.364. The normalized spacial score (nSPS) is 21.4. The highest BCUT2D eigenvalue weighted by atomic mass is 19.3. The molecule has 30 heavy (non-hydrogen) atoms. The maximum atomic E-state index is 13.3. The van der Waals surface area contributed by atoms with Gasteiger partial charge in [-0.3, -0.25) is 4.79 Å². The summed E-state index contributed by atoms with van der Waals surface area (Å²) in [5.74, 6) is 0.187. The summed E-state index contributed by atoms with van der Waals surface area (Å²) in [6.45, 7) is 2.23. The Morgan fingerprint density at radius 2 is 1.87 bits per heavy atom. The Labute approximate surface area is 170 Å². The van der Waals surface area contributed by atoms with Crippen LogP contribution in [0.5, 0.6) is 11.5 Å². The van der Waals surface area contributed by atoms with Gasteiger partial charge in [0.1, 0.15) is 5.82 Å². The van der Waals surface area contributed by atoms with Crippen LogP contribution in [-0.2, 0) is 15.6 Å². The number of aromatic amines is 1. The summed E-state index contributed by atoms with van der Waals surface area (Å²) in [5.41, 5.74) is 2.22. The molecule has 3 aromatic rings. The topological polar surface area (TPSA) is 76.2 Å². The fourth-order valence-corrected chi connectivity index (χ4v) is 4.14. The Balaban J connectivity index is 1.25. The van der Waals surface area contributed by atoms with E-state index in [1.807, 2.05) is 6.07 Å². The van der Waals surface area contributed by atoms with E-state index in [0.29, 0.717) is 24.2 Å². The number of ether oxygens (including phenoxy) is 2. The van der Waals surface area contributed by atoms with Crippen molar-refractivity contribution in [1.82, 2.24) is 9.97 Å². The number of rotatable bonds is 4. The second kappa shape index (κ2) is 5.50. The predicted octanol–water partition coefficient (Wildman–Crippen LogP) is 4.61. The summed E-state index contributed by atoms with van der Waals surface area (Å²) in [6, 6.07) is 8.50. The highest BCUT2D eigenvalue weighted by Crippen LogP contribution is 2.52. The van der Waals surface area contributed by atoms with Crippen molar-refractivity contribution in [1.29, 1.82) is 0 Å². The molecule has 0 spiro atoms. The smallest absolute Gasteiger partial charge is 0.395 e. The minimum atomic E-state index is -3.67. The van der Waals surface area contributed by atoms with E-state index in [2.05, 4.69) is 37.7 Å². The summed E-state index contributed by atoms with van der Waals surface area (Å²) in [4.78, 5) is 20.8. The Hall–Kier alpha value is -3.16. The van der Waals surface area contributed by atoms with Crippen LogP contribution in [0.2, 0.25) is 0 Å². The average molecular weight is 411 g/mol. The molecule has 0 unspecified atom stereocenters. The summed E-state index contributed by atoms with van der Waals surface area (Å²) < 4.78 is 35.6. The molecule has 2 N–H and O–H groups in total. The molecule has 3 aliphatic rings. The van der Waals surface area contributed by atoms with Gasteiger partial charge in [-0.15, -0.1) is 8.78 Å². The second-order valence-electron chi connectivity index (χ2n) is 8.77. The molecule has 2 fully saturated rings. The molecule has 1 aromatic carbocycles. The van der Waals surface area contributed by atoms with E-state index in [1.165, 1.54) is 30.7 Å². The van der Waals surface area contributed by atoms with Crippen LogP contribution >= 0.6 is 0 Å². The summed E-state index contributed by atoms with van der Waals surface area (Å²) in [5, 5.41) is 3.90. The number of anilines is 1. The van der Waals surface area contributed by atoms with Crippen LogP contribution in [0.15, 0.2) is 36.5 Å². The molecule has 2 aromatic heterocycles. The molecule has 0 atom stereocenters. The molecule has 2 aliphatic carbocycles. The number of hydrogen-bond donors (Lipinski definition) is 2. The maximum Gasteiger partial charge on any atom is 0.586 e. The number of benzene rings is 1. The van der Waals surface area contributed by atoms with E-state index in [-0.39, 0.29) is 22.8 Å². The monoisotopic (exact) mass is 411 g/mol. The van der Waals surface area contributed by atoms with Gasteiger partial charge in [0.15, 0.2) is 11.5 Å². The molecule has 3 heterocycles. The molecule has 0 radical (unpaired) electrons. The molecule has 8 heteroatoms. The Bertz CT molecular complexity index is 1210. The van der Waals surface area contributed by atoms with Gasteiger partial charge in [-0.05, 0) is 55.5 Å². The molecular formula is C22H19F2N3O3. The number of H-pyrrole nitrogens is 1. The average Bonchev–Trinajstić information content (AvgIpc) is 3.58. The number of nitrogens with zero attached hydrogens (tertiary/aromatic N) is 1. The number of halogens is 2. The predicted molar refractivity (Wildman–Crippen MR) is 105 cm³/mol. The minimum absolute atomic E-state index is 0.0281. The third kappa shape index (κ3) is 2.66. The van der Waals surface area contributed by atoms with Crippen LogP contribution < -0.4 is 14.8 Å². The van der Waals surface area contributed by atoms with Gasteiger partial charge in [-0.1, -0.05) is 13.0 Å². The molecule has 1 aliphatic heterocycles. The Kier molecular flexibility index (Phi) is 3.24. The summed E-state index contributed by atoms with van der Waals surface area (Å²) in [7, 11) is 0. The number of alkyl halides is 2. The number of hydrogen-bond acceptors (Lipinski definition) is 4. The highest BCUT2D eigenvalue weighted by Gasteiger charge is 2.53. The molecule has 2 saturated carbocycles. The quantitative estimate of drug-likeness (QED) is 0.658. The van der Waals surface area contributed by atoms with E-state index in [1.54, 1.807) is 12.3 Å². The molecule has 0 saturated heterocycles. The number of fused-ring (bicyclic) bond motifs is 2. The largest absolute Gasteiger partial charge is 0.586 e. The zero-order chi connectivity index (χ0) is 20.7. The minimum Gasteiger partial charge on any atom is -0.395 e. The lowest BCUT2D eigenvalue weighted by Crippen LogP contribution is -2.28. The van der Waals surface area contributed by atoms with Gasteiger partial charge in [0, 0.05) is 16.5 Å². The number of aromatic nitrogens is 2. The molecule has 0 bridgehead atoms. The van der Waals surface area contributed by atoms with Crippen molar-refractivity contribution in [3.8, 4) is 11.5 Å². The molecule has 1 amide bonds. The van der Waals surface area contributed by atoms with Crippen LogP contribution in [0.3, 0.4) is 0 Å². The molecule has 154 valence electrons. The van der Waals surface area contributed by atoms with Crippen LogP contribution in [-0.4, -0.2) is 22.2 Å². The van der Waals surface area contributed by atoms with Crippen LogP contribution in [0.4, 0.5) is 14.6 Å². The van der Waals surface area contributed by atoms with Crippen molar-refractivity contribution < 1.29 is 23.0 Å². The number of carbonyl (C=O) groups excluding carboxylic acids is 1. The van der Waals surface area contributed by atoms with Crippen molar-refractivity contribution in [2.45, 2.75) is 49.7 Å². The van der Waals surface area contributed by atoms with Crippen LogP contribution in [0.1, 0.15) is 43.9 Å². The Morgan fingerprint density at radius 1 is 1.10 bits per heavy atom. The van der Waals surface area contributed by atoms with Gasteiger partial charge in [0.05, 0.1) is 17.1 Å². The summed E-state index contributed by atoms with van der Waals surface area (Å²) in [6.07, 6.45) is 1.64. The lowest BCUT2D eigenvalue weighted by atomic mass is 9.94. The van der Waals surface area contributed by atoms with Crippen molar-refractivity contribution in [2.24, 2.45) is 0 Å². The van der Waals surface area contributed by atoms with Crippen LogP contribution in [0, 0.1) is 0 Å². The lowest BCUT2D eigenvalue weighted by molar-refractivity contribution is -0.286. The maximum absolute atomic E-state index is 13.3. The summed E-state index contributed by atoms with van der Waals surface area (Å²) >= 11 is 0. The number of amides is 1. The standard InChI is InChI=1S/C22H19F2N3O3/c1-20(4-5-20)17-8-12-9-18(25-11-14(12)26-17)27-19(28)21(6-7-21)13-2-3-15-16(10-13)30-22(23,24)29-15/h2-3,8-11,26H,4-7H2,1H3,(H,25,27,28). The lowest BCUT2D eigenvalue weighted by Gasteiger charge is -2.16. The van der Waals surface area contributed by atoms with Crippen molar-refractivity contribution in [3.05, 3.63) is 47.8 Å². The van der Waals surface area contributed by atoms with Crippen molar-refractivity contribution in [2.75, 3.05) is 5.32 Å². The van der Waals surface area contributed by atoms with Crippen molar-refractivity contribution >= 4 is 22.6 Å². The van der Waals surface area contributed by atoms with E-state index < -0.39 is 11.7 Å². The zero-order valence-corrected chi connectivity index (χ0v) is 16.2. The van der Waals surface area contributed by atoms with Crippen molar-refractivity contribution in [3.63, 3.8) is 0 Å². The Morgan fingerprint density at radius 3 is 2.60 bits per heavy atom. The number of nitrogens with one attached hydrogen (secondary N) is 2. The van der Waals surface area contributed by atoms with Gasteiger partial charge in [0.25, 0.3) is 0 Å². The first kappa shape index (κ1) is 17.7. The van der Waals surface area contributed by atoms with Gasteiger partial charge in [-0.2, -0.15) is 0 Å². The van der Waals surface area contributed by atoms with Gasteiger partial charge < -0.3 is 19.8 Å². The van der Waals surface area contributed by atoms with Gasteiger partial charge >= 0.3 is 6.29 Å². The molecular weight excluding hydrogens is 392 g/mol. The van der Waals surface area contributed by atoms with E-state index in [4.69, 9.17) is 0 Å². The second-order valence-corrected chi connectivity index (χ2v) is 8.77. The van der Waals surface area contributed by atoms with E-state index in [0.717, 1.165) is 10.9 Å². The van der Waals surface area contributed by atoms with Gasteiger partial charge in [0.2, 0.25) is 5.91 Å². The number of carbonyl (C=O) groups is 1. The third-order valence-electron chi connectivity index (χ3n) is 6.54. The highest BCUT2D eigenvalue weighted by molar-refractivity contribution is 6.01. The zero-order valence-electron chi connectivity index (χ0n) is 16.2. The van der Waals surface area contributed by atoms with E-state index in [9.17, 15) is 13.6 Å².